The fraction of sp³-hybridized carbons (Fsp3) is 1.00. The van der Waals surface area contributed by atoms with E-state index in [0.717, 1.165) is 12.6 Å². The summed E-state index contributed by atoms with van der Waals surface area (Å²) in [4.78, 5) is 1.86. The minimum Gasteiger partial charge on any atom is -1.00 e. The van der Waals surface area contributed by atoms with E-state index in [1.54, 1.807) is 0 Å². The van der Waals surface area contributed by atoms with Crippen LogP contribution in [0, 0.1) is 0 Å². The third-order valence-electron chi connectivity index (χ3n) is 3.58. The van der Waals surface area contributed by atoms with E-state index in [9.17, 15) is 0 Å². The van der Waals surface area contributed by atoms with Gasteiger partial charge in [0.25, 0.3) is 0 Å². The van der Waals surface area contributed by atoms with Crippen LogP contribution in [0.15, 0.2) is 0 Å². The topological polar surface area (TPSA) is 32.1 Å². The highest BCUT2D eigenvalue weighted by molar-refractivity contribution is 4.54. The standard InChI is InChI=1S/C14H32N2.2BrH/c1-4-7-12-16(13-8-5-2)14(6-3)10-9-11-15;;/h14H,4-13,15H2,1-3H3;2*1H. The van der Waals surface area contributed by atoms with E-state index in [2.05, 4.69) is 26.5 Å². The number of quaternary nitrogens is 2. The molecule has 0 rings (SSSR count). The van der Waals surface area contributed by atoms with Crippen LogP contribution in [0.2, 0.25) is 0 Å². The van der Waals surface area contributed by atoms with Crippen molar-refractivity contribution in [3.05, 3.63) is 0 Å². The lowest BCUT2D eigenvalue weighted by Gasteiger charge is -2.28. The van der Waals surface area contributed by atoms with Gasteiger partial charge in [0.2, 0.25) is 0 Å². The van der Waals surface area contributed by atoms with Crippen molar-refractivity contribution in [3.63, 3.8) is 0 Å². The molecule has 0 aromatic heterocycles. The molecule has 18 heavy (non-hydrogen) atoms. The highest BCUT2D eigenvalue weighted by atomic mass is 79.9. The van der Waals surface area contributed by atoms with Crippen molar-refractivity contribution in [3.8, 4) is 0 Å². The maximum Gasteiger partial charge on any atom is 0.0874 e. The Morgan fingerprint density at radius 2 is 1.39 bits per heavy atom. The van der Waals surface area contributed by atoms with E-state index < -0.39 is 0 Å². The van der Waals surface area contributed by atoms with Gasteiger partial charge in [-0.1, -0.05) is 33.6 Å². The summed E-state index contributed by atoms with van der Waals surface area (Å²) >= 11 is 0. The Bertz CT molecular complexity index is 138. The van der Waals surface area contributed by atoms with Crippen LogP contribution >= 0.6 is 0 Å². The maximum absolute atomic E-state index is 3.97. The molecule has 1 atom stereocenters. The molecule has 0 amide bonds. The Morgan fingerprint density at radius 1 is 0.889 bits per heavy atom. The molecular formula is C14H34Br2N2. The minimum absolute atomic E-state index is 0. The van der Waals surface area contributed by atoms with Crippen LogP contribution in [0.3, 0.4) is 0 Å². The first-order valence-electron chi connectivity index (χ1n) is 7.43. The van der Waals surface area contributed by atoms with Crippen molar-refractivity contribution < 1.29 is 44.6 Å². The molecule has 0 bridgehead atoms. The van der Waals surface area contributed by atoms with Crippen molar-refractivity contribution in [1.29, 1.82) is 0 Å². The number of nitrogens with one attached hydrogen (secondary N) is 1. The molecule has 2 nitrogen and oxygen atoms in total. The smallest absolute Gasteiger partial charge is 0.0874 e. The van der Waals surface area contributed by atoms with Gasteiger partial charge in [0.05, 0.1) is 25.7 Å². The van der Waals surface area contributed by atoms with Gasteiger partial charge in [-0.15, -0.1) is 0 Å². The number of rotatable bonds is 11. The second-order valence-corrected chi connectivity index (χ2v) is 4.97. The van der Waals surface area contributed by atoms with Crippen LogP contribution in [-0.4, -0.2) is 25.7 Å². The molecule has 114 valence electrons. The zero-order chi connectivity index (χ0) is 12.2. The van der Waals surface area contributed by atoms with Crippen LogP contribution in [-0.2, 0) is 0 Å². The van der Waals surface area contributed by atoms with Gasteiger partial charge in [0.15, 0.2) is 0 Å². The summed E-state index contributed by atoms with van der Waals surface area (Å²) in [6.45, 7) is 10.8. The summed E-state index contributed by atoms with van der Waals surface area (Å²) in [6, 6.07) is 0.889. The lowest BCUT2D eigenvalue weighted by atomic mass is 10.1. The molecule has 0 aromatic rings. The predicted molar refractivity (Wildman–Crippen MR) is 71.6 cm³/mol. The van der Waals surface area contributed by atoms with Gasteiger partial charge in [-0.25, -0.2) is 0 Å². The minimum atomic E-state index is 0. The molecule has 0 saturated heterocycles. The van der Waals surface area contributed by atoms with Crippen LogP contribution in [0.1, 0.15) is 65.7 Å². The second kappa shape index (κ2) is 17.9. The number of unbranched alkanes of at least 4 members (excludes halogenated alkanes) is 2. The fourth-order valence-electron chi connectivity index (χ4n) is 2.43. The quantitative estimate of drug-likeness (QED) is 0.356. The molecule has 0 aromatic carbocycles. The molecule has 0 spiro atoms. The van der Waals surface area contributed by atoms with E-state index in [4.69, 9.17) is 0 Å². The molecule has 0 aliphatic rings. The van der Waals surface area contributed by atoms with Crippen molar-refractivity contribution in [1.82, 2.24) is 0 Å². The molecule has 1 unspecified atom stereocenters. The third kappa shape index (κ3) is 11.9. The molecule has 4 heteroatoms. The van der Waals surface area contributed by atoms with Gasteiger partial charge in [-0.2, -0.15) is 0 Å². The summed E-state index contributed by atoms with van der Waals surface area (Å²) < 4.78 is 0. The molecule has 0 fully saturated rings. The molecule has 0 heterocycles. The van der Waals surface area contributed by atoms with Gasteiger partial charge >= 0.3 is 0 Å². The largest absolute Gasteiger partial charge is 1.00 e. The van der Waals surface area contributed by atoms with E-state index in [1.807, 2.05) is 4.90 Å². The summed E-state index contributed by atoms with van der Waals surface area (Å²) in [5.74, 6) is 0. The van der Waals surface area contributed by atoms with Crippen molar-refractivity contribution in [2.24, 2.45) is 0 Å². The van der Waals surface area contributed by atoms with E-state index in [1.165, 1.54) is 58.0 Å². The van der Waals surface area contributed by atoms with Crippen molar-refractivity contribution in [2.75, 3.05) is 19.6 Å². The van der Waals surface area contributed by atoms with E-state index >= 15 is 0 Å². The van der Waals surface area contributed by atoms with Gasteiger partial charge in [0, 0.05) is 12.8 Å². The van der Waals surface area contributed by atoms with Crippen LogP contribution < -0.4 is 44.6 Å². The Balaban J connectivity index is -0.00000112. The molecule has 0 saturated carbocycles. The van der Waals surface area contributed by atoms with Crippen LogP contribution in [0.4, 0.5) is 0 Å². The van der Waals surface area contributed by atoms with E-state index in [-0.39, 0.29) is 34.0 Å². The fourth-order valence-corrected chi connectivity index (χ4v) is 2.43. The van der Waals surface area contributed by atoms with Crippen molar-refractivity contribution in [2.45, 2.75) is 71.8 Å². The van der Waals surface area contributed by atoms with Gasteiger partial charge in [0.1, 0.15) is 0 Å². The van der Waals surface area contributed by atoms with Crippen LogP contribution in [0.5, 0.6) is 0 Å². The van der Waals surface area contributed by atoms with E-state index in [0.29, 0.717) is 0 Å². The Labute approximate surface area is 136 Å². The average molecular weight is 390 g/mol. The first-order valence-corrected chi connectivity index (χ1v) is 7.43. The Kier molecular flexibility index (Phi) is 23.8. The number of hydrogen-bond donors (Lipinski definition) is 2. The molecular weight excluding hydrogens is 356 g/mol. The molecule has 0 aliphatic heterocycles. The first-order chi connectivity index (χ1) is 7.79. The van der Waals surface area contributed by atoms with Crippen molar-refractivity contribution >= 4 is 0 Å². The monoisotopic (exact) mass is 388 g/mol. The maximum atomic E-state index is 3.97. The number of halogens is 2. The predicted octanol–water partition coefficient (Wildman–Crippen LogP) is -4.72. The van der Waals surface area contributed by atoms with Crippen LogP contribution in [0.25, 0.3) is 0 Å². The van der Waals surface area contributed by atoms with Gasteiger partial charge in [-0.05, 0) is 19.3 Å². The first kappa shape index (κ1) is 23.9. The highest BCUT2D eigenvalue weighted by Crippen LogP contribution is 1.98. The lowest BCUT2D eigenvalue weighted by Crippen LogP contribution is -3.15. The number of hydrogen-bond acceptors (Lipinski definition) is 0. The molecule has 4 N–H and O–H groups in total. The molecule has 0 radical (unpaired) electrons. The summed E-state index contributed by atoms with van der Waals surface area (Å²) in [7, 11) is 0. The normalized spacial score (nSPS) is 11.8. The zero-order valence-electron chi connectivity index (χ0n) is 12.6. The third-order valence-corrected chi connectivity index (χ3v) is 3.58. The second-order valence-electron chi connectivity index (χ2n) is 4.97. The highest BCUT2D eigenvalue weighted by Gasteiger charge is 2.18. The Morgan fingerprint density at radius 3 is 1.72 bits per heavy atom. The zero-order valence-corrected chi connectivity index (χ0v) is 15.8. The lowest BCUT2D eigenvalue weighted by molar-refractivity contribution is -0.926. The van der Waals surface area contributed by atoms with Gasteiger partial charge in [-0.3, -0.25) is 0 Å². The Hall–Kier alpha value is 0.880. The summed E-state index contributed by atoms with van der Waals surface area (Å²) in [6.07, 6.45) is 9.47. The summed E-state index contributed by atoms with van der Waals surface area (Å²) in [5.41, 5.74) is 3.97. The average Bonchev–Trinajstić information content (AvgIpc) is 2.32. The molecule has 0 aliphatic carbocycles. The van der Waals surface area contributed by atoms with Gasteiger partial charge < -0.3 is 44.6 Å². The summed E-state index contributed by atoms with van der Waals surface area (Å²) in [5, 5.41) is 0. The SMILES string of the molecule is CCCC[NH+](CCCC)C(CC)CCC[NH3+].[Br-].[Br-].